The van der Waals surface area contributed by atoms with Crippen molar-refractivity contribution in [2.75, 3.05) is 32.8 Å². The zero-order valence-electron chi connectivity index (χ0n) is 18.0. The van der Waals surface area contributed by atoms with Gasteiger partial charge in [0.2, 0.25) is 5.43 Å². The summed E-state index contributed by atoms with van der Waals surface area (Å²) in [6.45, 7) is 6.62. The van der Waals surface area contributed by atoms with Crippen LogP contribution in [0.15, 0.2) is 51.7 Å². The molecule has 1 fully saturated rings. The van der Waals surface area contributed by atoms with E-state index < -0.39 is 11.3 Å². The summed E-state index contributed by atoms with van der Waals surface area (Å²) in [4.78, 5) is 27.7. The standard InChI is InChI=1S/C23H25ClN4O4/c1-15-13-20(29)22(26-28(15)18-6-4-17(24)5-7-18)23(30)25-14-19(21-8-3-16(2)32-21)27-9-11-31-12-10-27/h3-8,13,19H,9-12,14H2,1-2H3,(H,25,30)/t19-/m0/s1. The lowest BCUT2D eigenvalue weighted by molar-refractivity contribution is 0.0116. The van der Waals surface area contributed by atoms with Crippen LogP contribution in [0.4, 0.5) is 0 Å². The lowest BCUT2D eigenvalue weighted by Gasteiger charge is -2.33. The number of carbonyl (C=O) groups excluding carboxylic acids is 1. The molecule has 1 N–H and O–H groups in total. The van der Waals surface area contributed by atoms with Gasteiger partial charge < -0.3 is 14.5 Å². The summed E-state index contributed by atoms with van der Waals surface area (Å²) in [6, 6.07) is 12.1. The number of halogens is 1. The molecule has 1 amide bonds. The number of hydrogen-bond donors (Lipinski definition) is 1. The third-order valence-electron chi connectivity index (χ3n) is 5.43. The van der Waals surface area contributed by atoms with Crippen molar-refractivity contribution >= 4 is 17.5 Å². The maximum Gasteiger partial charge on any atom is 0.275 e. The number of amides is 1. The molecule has 3 heterocycles. The number of ether oxygens (including phenoxy) is 1. The minimum absolute atomic E-state index is 0.165. The number of furan rings is 1. The topological polar surface area (TPSA) is 89.6 Å². The van der Waals surface area contributed by atoms with E-state index in [4.69, 9.17) is 20.8 Å². The lowest BCUT2D eigenvalue weighted by atomic mass is 10.1. The van der Waals surface area contributed by atoms with Crippen LogP contribution in [-0.4, -0.2) is 53.4 Å². The van der Waals surface area contributed by atoms with Crippen LogP contribution in [0.1, 0.15) is 33.7 Å². The van der Waals surface area contributed by atoms with Gasteiger partial charge in [-0.1, -0.05) is 11.6 Å². The van der Waals surface area contributed by atoms with Crippen LogP contribution in [0.5, 0.6) is 0 Å². The Morgan fingerprint density at radius 3 is 2.53 bits per heavy atom. The minimum atomic E-state index is -0.528. The number of aryl methyl sites for hydroxylation is 2. The van der Waals surface area contributed by atoms with Crippen LogP contribution in [0, 0.1) is 13.8 Å². The largest absolute Gasteiger partial charge is 0.465 e. The summed E-state index contributed by atoms with van der Waals surface area (Å²) < 4.78 is 12.8. The zero-order chi connectivity index (χ0) is 22.7. The van der Waals surface area contributed by atoms with Crippen molar-refractivity contribution in [3.8, 4) is 5.69 Å². The zero-order valence-corrected chi connectivity index (χ0v) is 18.8. The normalized spacial score (nSPS) is 15.5. The molecule has 2 aromatic heterocycles. The molecule has 0 radical (unpaired) electrons. The molecule has 0 aliphatic carbocycles. The Morgan fingerprint density at radius 1 is 1.16 bits per heavy atom. The van der Waals surface area contributed by atoms with Crippen LogP contribution < -0.4 is 10.7 Å². The molecule has 32 heavy (non-hydrogen) atoms. The first-order chi connectivity index (χ1) is 15.4. The van der Waals surface area contributed by atoms with Crippen LogP contribution in [0.3, 0.4) is 0 Å². The average molecular weight is 457 g/mol. The van der Waals surface area contributed by atoms with Gasteiger partial charge in [-0.05, 0) is 50.2 Å². The quantitative estimate of drug-likeness (QED) is 0.613. The monoisotopic (exact) mass is 456 g/mol. The Morgan fingerprint density at radius 2 is 1.88 bits per heavy atom. The van der Waals surface area contributed by atoms with Crippen LogP contribution >= 0.6 is 11.6 Å². The molecule has 1 aliphatic rings. The van der Waals surface area contributed by atoms with Crippen LogP contribution in [0.2, 0.25) is 5.02 Å². The van der Waals surface area contributed by atoms with Gasteiger partial charge >= 0.3 is 0 Å². The van der Waals surface area contributed by atoms with Gasteiger partial charge in [0, 0.05) is 36.4 Å². The molecule has 1 saturated heterocycles. The summed E-state index contributed by atoms with van der Waals surface area (Å²) in [5, 5.41) is 7.80. The summed E-state index contributed by atoms with van der Waals surface area (Å²) in [5.74, 6) is 1.04. The van der Waals surface area contributed by atoms with E-state index in [0.717, 1.165) is 24.6 Å². The van der Waals surface area contributed by atoms with E-state index in [1.807, 2.05) is 19.1 Å². The molecule has 3 aromatic rings. The molecule has 0 bridgehead atoms. The molecule has 1 aliphatic heterocycles. The molecule has 0 spiro atoms. The highest BCUT2D eigenvalue weighted by Crippen LogP contribution is 2.23. The predicted molar refractivity (Wildman–Crippen MR) is 120 cm³/mol. The minimum Gasteiger partial charge on any atom is -0.465 e. The fourth-order valence-electron chi connectivity index (χ4n) is 3.75. The van der Waals surface area contributed by atoms with Gasteiger partial charge in [0.25, 0.3) is 5.91 Å². The third kappa shape index (κ3) is 4.93. The number of morpholine rings is 1. The van der Waals surface area contributed by atoms with E-state index in [1.165, 1.54) is 6.07 Å². The predicted octanol–water partition coefficient (Wildman–Crippen LogP) is 2.90. The number of carbonyl (C=O) groups is 1. The molecular formula is C23H25ClN4O4. The molecule has 168 valence electrons. The van der Waals surface area contributed by atoms with Gasteiger partial charge in [0.05, 0.1) is 24.9 Å². The van der Waals surface area contributed by atoms with E-state index in [0.29, 0.717) is 29.6 Å². The number of benzene rings is 1. The lowest BCUT2D eigenvalue weighted by Crippen LogP contribution is -2.44. The van der Waals surface area contributed by atoms with Crippen molar-refractivity contribution in [1.82, 2.24) is 20.0 Å². The highest BCUT2D eigenvalue weighted by atomic mass is 35.5. The Balaban J connectivity index is 1.56. The van der Waals surface area contributed by atoms with Gasteiger partial charge in [0.1, 0.15) is 11.5 Å². The van der Waals surface area contributed by atoms with Crippen molar-refractivity contribution in [3.63, 3.8) is 0 Å². The number of nitrogens with one attached hydrogen (secondary N) is 1. The Hall–Kier alpha value is -2.94. The second-order valence-electron chi connectivity index (χ2n) is 7.71. The highest BCUT2D eigenvalue weighted by Gasteiger charge is 2.26. The van der Waals surface area contributed by atoms with E-state index in [1.54, 1.807) is 35.9 Å². The van der Waals surface area contributed by atoms with E-state index in [2.05, 4.69) is 15.3 Å². The first-order valence-electron chi connectivity index (χ1n) is 10.5. The van der Waals surface area contributed by atoms with E-state index >= 15 is 0 Å². The van der Waals surface area contributed by atoms with Gasteiger partial charge in [-0.3, -0.25) is 14.5 Å². The van der Waals surface area contributed by atoms with Gasteiger partial charge in [-0.25, -0.2) is 4.68 Å². The van der Waals surface area contributed by atoms with Crippen molar-refractivity contribution in [3.05, 3.63) is 80.6 Å². The summed E-state index contributed by atoms with van der Waals surface area (Å²) >= 11 is 5.97. The first kappa shape index (κ1) is 22.3. The first-order valence-corrected chi connectivity index (χ1v) is 10.8. The van der Waals surface area contributed by atoms with Crippen LogP contribution in [0.25, 0.3) is 5.69 Å². The maximum absolute atomic E-state index is 13.0. The molecule has 4 rings (SSSR count). The summed E-state index contributed by atoms with van der Waals surface area (Å²) in [7, 11) is 0. The maximum atomic E-state index is 13.0. The second kappa shape index (κ2) is 9.68. The van der Waals surface area contributed by atoms with Crippen molar-refractivity contribution in [1.29, 1.82) is 0 Å². The average Bonchev–Trinajstić information content (AvgIpc) is 3.21. The number of hydrogen-bond acceptors (Lipinski definition) is 6. The molecule has 9 heteroatoms. The molecule has 0 saturated carbocycles. The number of nitrogens with zero attached hydrogens (tertiary/aromatic N) is 3. The highest BCUT2D eigenvalue weighted by molar-refractivity contribution is 6.30. The number of aromatic nitrogens is 2. The molecular weight excluding hydrogens is 432 g/mol. The number of rotatable bonds is 6. The smallest absolute Gasteiger partial charge is 0.275 e. The Kier molecular flexibility index (Phi) is 6.74. The Bertz CT molecular complexity index is 1150. The van der Waals surface area contributed by atoms with Crippen molar-refractivity contribution < 1.29 is 13.9 Å². The van der Waals surface area contributed by atoms with Gasteiger partial charge in [-0.2, -0.15) is 5.10 Å². The van der Waals surface area contributed by atoms with E-state index in [9.17, 15) is 9.59 Å². The van der Waals surface area contributed by atoms with Crippen LogP contribution in [-0.2, 0) is 4.74 Å². The summed E-state index contributed by atoms with van der Waals surface area (Å²) in [5.41, 5.74) is 0.730. The second-order valence-corrected chi connectivity index (χ2v) is 8.15. The Labute approximate surface area is 190 Å². The van der Waals surface area contributed by atoms with Crippen molar-refractivity contribution in [2.24, 2.45) is 0 Å². The summed E-state index contributed by atoms with van der Waals surface area (Å²) in [6.07, 6.45) is 0. The fraction of sp³-hybridized carbons (Fsp3) is 0.348. The molecule has 0 unspecified atom stereocenters. The van der Waals surface area contributed by atoms with E-state index in [-0.39, 0.29) is 18.3 Å². The molecule has 1 atom stereocenters. The van der Waals surface area contributed by atoms with Gasteiger partial charge in [0.15, 0.2) is 5.69 Å². The fourth-order valence-corrected chi connectivity index (χ4v) is 3.88. The van der Waals surface area contributed by atoms with Gasteiger partial charge in [-0.15, -0.1) is 0 Å². The van der Waals surface area contributed by atoms with Crippen molar-refractivity contribution in [2.45, 2.75) is 19.9 Å². The molecule has 8 nitrogen and oxygen atoms in total. The SMILES string of the molecule is Cc1ccc([C@H](CNC(=O)c2nn(-c3ccc(Cl)cc3)c(C)cc2=O)N2CCOCC2)o1. The third-order valence-corrected chi connectivity index (χ3v) is 5.68. The molecule has 1 aromatic carbocycles.